The number of nitrogen functional groups attached to an aromatic ring is 1. The molecule has 0 aliphatic rings. The van der Waals surface area contributed by atoms with E-state index in [9.17, 15) is 4.79 Å². The molecule has 1 aromatic heterocycles. The summed E-state index contributed by atoms with van der Waals surface area (Å²) in [4.78, 5) is 18.2. The van der Waals surface area contributed by atoms with Crippen molar-refractivity contribution in [2.24, 2.45) is 0 Å². The van der Waals surface area contributed by atoms with Gasteiger partial charge in [-0.25, -0.2) is 9.78 Å². The van der Waals surface area contributed by atoms with Crippen LogP contribution in [0.2, 0.25) is 0 Å². The van der Waals surface area contributed by atoms with Crippen molar-refractivity contribution in [2.75, 3.05) is 12.3 Å². The number of anilines is 1. The Morgan fingerprint density at radius 3 is 2.68 bits per heavy atom. The van der Waals surface area contributed by atoms with Crippen LogP contribution in [0, 0.1) is 0 Å². The monoisotopic (exact) mass is 259 g/mol. The maximum atomic E-state index is 10.4. The number of nitrogens with zero attached hydrogens (tertiary/aromatic N) is 2. The lowest BCUT2D eigenvalue weighted by molar-refractivity contribution is -0.139. The lowest BCUT2D eigenvalue weighted by atomic mass is 10.1. The van der Waals surface area contributed by atoms with Crippen molar-refractivity contribution in [3.05, 3.63) is 47.7 Å². The lowest BCUT2D eigenvalue weighted by Crippen LogP contribution is -2.12. The molecule has 0 unspecified atom stereocenters. The molecule has 6 heteroatoms. The summed E-state index contributed by atoms with van der Waals surface area (Å²) < 4.78 is 4.85. The molecule has 0 bridgehead atoms. The Bertz CT molecular complexity index is 573. The van der Waals surface area contributed by atoms with Crippen molar-refractivity contribution in [3.63, 3.8) is 0 Å². The predicted molar refractivity (Wildman–Crippen MR) is 68.8 cm³/mol. The summed E-state index contributed by atoms with van der Waals surface area (Å²) in [6.07, 6.45) is 2.17. The topological polar surface area (TPSA) is 98.3 Å². The highest BCUT2D eigenvalue weighted by Crippen LogP contribution is 2.15. The van der Waals surface area contributed by atoms with Crippen LogP contribution in [-0.4, -0.2) is 27.7 Å². The number of carboxylic acid groups (broad SMARTS) is 1. The van der Waals surface area contributed by atoms with Crippen LogP contribution in [0.15, 0.2) is 36.5 Å². The van der Waals surface area contributed by atoms with E-state index in [4.69, 9.17) is 15.6 Å². The van der Waals surface area contributed by atoms with Crippen LogP contribution < -0.4 is 10.5 Å². The highest BCUT2D eigenvalue weighted by molar-refractivity contribution is 5.68. The first kappa shape index (κ1) is 12.8. The largest absolute Gasteiger partial charge is 0.479 e. The Hall–Kier alpha value is -2.63. The van der Waals surface area contributed by atoms with E-state index >= 15 is 0 Å². The van der Waals surface area contributed by atoms with E-state index in [1.54, 1.807) is 6.20 Å². The molecule has 0 aliphatic heterocycles. The summed E-state index contributed by atoms with van der Waals surface area (Å²) >= 11 is 0. The minimum Gasteiger partial charge on any atom is -0.479 e. The molecule has 0 spiro atoms. The van der Waals surface area contributed by atoms with E-state index in [1.807, 2.05) is 30.3 Å². The predicted octanol–water partition coefficient (Wildman–Crippen LogP) is 1.11. The molecule has 6 nitrogen and oxygen atoms in total. The zero-order chi connectivity index (χ0) is 13.7. The number of benzene rings is 1. The molecule has 1 heterocycles. The molecule has 2 aromatic rings. The average Bonchev–Trinajstić information content (AvgIpc) is 2.40. The van der Waals surface area contributed by atoms with Crippen molar-refractivity contribution in [3.8, 4) is 6.01 Å². The number of ether oxygens (including phenoxy) is 1. The van der Waals surface area contributed by atoms with Crippen molar-refractivity contribution in [2.45, 2.75) is 6.42 Å². The third kappa shape index (κ3) is 3.67. The Kier molecular flexibility index (Phi) is 3.92. The quantitative estimate of drug-likeness (QED) is 0.834. The molecule has 0 saturated carbocycles. The first-order valence-electron chi connectivity index (χ1n) is 5.65. The van der Waals surface area contributed by atoms with Gasteiger partial charge >= 0.3 is 12.0 Å². The number of hydrogen-bond acceptors (Lipinski definition) is 5. The molecule has 0 atom stereocenters. The third-order valence-corrected chi connectivity index (χ3v) is 2.44. The summed E-state index contributed by atoms with van der Waals surface area (Å²) in [6.45, 7) is -0.489. The lowest BCUT2D eigenvalue weighted by Gasteiger charge is -2.06. The summed E-state index contributed by atoms with van der Waals surface area (Å²) in [5.74, 6) is -0.797. The van der Waals surface area contributed by atoms with Crippen LogP contribution in [0.5, 0.6) is 6.01 Å². The van der Waals surface area contributed by atoms with Crippen LogP contribution in [-0.2, 0) is 11.2 Å². The van der Waals surface area contributed by atoms with Gasteiger partial charge in [0.05, 0.1) is 0 Å². The minimum atomic E-state index is -1.09. The van der Waals surface area contributed by atoms with Gasteiger partial charge in [0.2, 0.25) is 0 Å². The number of carbonyl (C=O) groups is 1. The Morgan fingerprint density at radius 2 is 2.05 bits per heavy atom. The summed E-state index contributed by atoms with van der Waals surface area (Å²) in [7, 11) is 0. The van der Waals surface area contributed by atoms with Crippen LogP contribution in [0.3, 0.4) is 0 Å². The van der Waals surface area contributed by atoms with E-state index < -0.39 is 12.6 Å². The van der Waals surface area contributed by atoms with Gasteiger partial charge in [-0.1, -0.05) is 30.3 Å². The summed E-state index contributed by atoms with van der Waals surface area (Å²) in [5.41, 5.74) is 7.66. The van der Waals surface area contributed by atoms with Crippen molar-refractivity contribution < 1.29 is 14.6 Å². The fourth-order valence-electron chi connectivity index (χ4n) is 1.55. The highest BCUT2D eigenvalue weighted by Gasteiger charge is 2.07. The minimum absolute atomic E-state index is 0.0308. The second-order valence-electron chi connectivity index (χ2n) is 3.91. The molecule has 98 valence electrons. The van der Waals surface area contributed by atoms with Gasteiger partial charge in [-0.3, -0.25) is 0 Å². The number of aliphatic carboxylic acids is 1. The number of carboxylic acids is 1. The first-order valence-corrected chi connectivity index (χ1v) is 5.65. The van der Waals surface area contributed by atoms with Gasteiger partial charge in [0.25, 0.3) is 0 Å². The average molecular weight is 259 g/mol. The van der Waals surface area contributed by atoms with Crippen molar-refractivity contribution in [1.82, 2.24) is 9.97 Å². The van der Waals surface area contributed by atoms with E-state index in [0.29, 0.717) is 12.2 Å². The SMILES string of the molecule is Nc1nc(OCC(=O)O)ncc1Cc1ccccc1. The molecule has 19 heavy (non-hydrogen) atoms. The zero-order valence-electron chi connectivity index (χ0n) is 10.1. The first-order chi connectivity index (χ1) is 9.15. The molecule has 0 saturated heterocycles. The van der Waals surface area contributed by atoms with Gasteiger partial charge < -0.3 is 15.6 Å². The van der Waals surface area contributed by atoms with Gasteiger partial charge in [0.1, 0.15) is 5.82 Å². The van der Waals surface area contributed by atoms with Crippen LogP contribution in [0.25, 0.3) is 0 Å². The maximum absolute atomic E-state index is 10.4. The zero-order valence-corrected chi connectivity index (χ0v) is 10.1. The second kappa shape index (κ2) is 5.81. The standard InChI is InChI=1S/C13H13N3O3/c14-12-10(6-9-4-2-1-3-5-9)7-15-13(16-12)19-8-11(17)18/h1-5,7H,6,8H2,(H,17,18)(H2,14,15,16). The molecular weight excluding hydrogens is 246 g/mol. The van der Waals surface area contributed by atoms with Crippen molar-refractivity contribution >= 4 is 11.8 Å². The summed E-state index contributed by atoms with van der Waals surface area (Å²) in [5, 5.41) is 8.48. The van der Waals surface area contributed by atoms with E-state index in [2.05, 4.69) is 9.97 Å². The van der Waals surface area contributed by atoms with Gasteiger partial charge in [0, 0.05) is 18.2 Å². The molecule has 0 amide bonds. The van der Waals surface area contributed by atoms with Gasteiger partial charge in [-0.05, 0) is 5.56 Å². The van der Waals surface area contributed by atoms with Crippen LogP contribution in [0.4, 0.5) is 5.82 Å². The van der Waals surface area contributed by atoms with Crippen LogP contribution >= 0.6 is 0 Å². The molecular formula is C13H13N3O3. The molecule has 3 N–H and O–H groups in total. The number of nitrogens with two attached hydrogens (primary N) is 1. The van der Waals surface area contributed by atoms with Crippen molar-refractivity contribution in [1.29, 1.82) is 0 Å². The molecule has 2 rings (SSSR count). The van der Waals surface area contributed by atoms with Gasteiger partial charge in [-0.15, -0.1) is 0 Å². The van der Waals surface area contributed by atoms with E-state index in [1.165, 1.54) is 0 Å². The van der Waals surface area contributed by atoms with Gasteiger partial charge in [-0.2, -0.15) is 4.98 Å². The maximum Gasteiger partial charge on any atom is 0.341 e. The normalized spacial score (nSPS) is 10.1. The highest BCUT2D eigenvalue weighted by atomic mass is 16.5. The fraction of sp³-hybridized carbons (Fsp3) is 0.154. The molecule has 1 aromatic carbocycles. The Morgan fingerprint density at radius 1 is 1.32 bits per heavy atom. The Balaban J connectivity index is 2.09. The second-order valence-corrected chi connectivity index (χ2v) is 3.91. The third-order valence-electron chi connectivity index (χ3n) is 2.44. The molecule has 0 aliphatic carbocycles. The number of rotatable bonds is 5. The van der Waals surface area contributed by atoms with Crippen LogP contribution in [0.1, 0.15) is 11.1 Å². The van der Waals surface area contributed by atoms with Gasteiger partial charge in [0.15, 0.2) is 6.61 Å². The summed E-state index contributed by atoms with van der Waals surface area (Å²) in [6, 6.07) is 9.75. The Labute approximate surface area is 109 Å². The van der Waals surface area contributed by atoms with E-state index in [0.717, 1.165) is 11.1 Å². The smallest absolute Gasteiger partial charge is 0.341 e. The number of hydrogen-bond donors (Lipinski definition) is 2. The fourth-order valence-corrected chi connectivity index (χ4v) is 1.55. The number of aromatic nitrogens is 2. The molecule has 0 radical (unpaired) electrons. The molecule has 0 fully saturated rings. The van der Waals surface area contributed by atoms with E-state index in [-0.39, 0.29) is 6.01 Å².